The Morgan fingerprint density at radius 2 is 1.54 bits per heavy atom. The van der Waals surface area contributed by atoms with Gasteiger partial charge in [0.2, 0.25) is 0 Å². The molecule has 0 aromatic heterocycles. The van der Waals surface area contributed by atoms with Crippen molar-refractivity contribution in [2.75, 3.05) is 27.9 Å². The van der Waals surface area contributed by atoms with Crippen molar-refractivity contribution in [2.24, 2.45) is 23.7 Å². The van der Waals surface area contributed by atoms with Crippen LogP contribution in [0.4, 0.5) is 0 Å². The molecule has 2 aliphatic carbocycles. The van der Waals surface area contributed by atoms with Gasteiger partial charge in [-0.25, -0.2) is 0 Å². The van der Waals surface area contributed by atoms with Crippen molar-refractivity contribution in [3.8, 4) is 0 Å². The fraction of sp³-hybridized carbons (Fsp3) is 0.776. The summed E-state index contributed by atoms with van der Waals surface area (Å²) >= 11 is 0. The van der Waals surface area contributed by atoms with Crippen LogP contribution in [0.1, 0.15) is 92.9 Å². The lowest BCUT2D eigenvalue weighted by atomic mass is 9.70. The van der Waals surface area contributed by atoms with Crippen LogP contribution in [0.5, 0.6) is 0 Å². The van der Waals surface area contributed by atoms with E-state index in [1.54, 1.807) is 27.4 Å². The van der Waals surface area contributed by atoms with Crippen molar-refractivity contribution in [1.82, 2.24) is 0 Å². The summed E-state index contributed by atoms with van der Waals surface area (Å²) in [6.45, 7) is 12.1. The van der Waals surface area contributed by atoms with E-state index >= 15 is 0 Å². The second-order valence-corrected chi connectivity index (χ2v) is 19.5. The number of ether oxygens (including phenoxy) is 11. The van der Waals surface area contributed by atoms with Gasteiger partial charge in [-0.1, -0.05) is 56.7 Å². The molecule has 0 radical (unpaired) electrons. The molecule has 63 heavy (non-hydrogen) atoms. The Kier molecular flexibility index (Phi) is 14.6. The zero-order valence-corrected chi connectivity index (χ0v) is 38.6. The second-order valence-electron chi connectivity index (χ2n) is 19.5. The minimum Gasteiger partial charge on any atom is -0.462 e. The molecule has 14 heteroatoms. The predicted octanol–water partition coefficient (Wildman–Crippen LogP) is 5.79. The van der Waals surface area contributed by atoms with Gasteiger partial charge >= 0.3 is 5.97 Å². The van der Waals surface area contributed by atoms with Gasteiger partial charge in [0.1, 0.15) is 42.0 Å². The Balaban J connectivity index is 1.08. The van der Waals surface area contributed by atoms with Crippen LogP contribution in [0.3, 0.4) is 0 Å². The van der Waals surface area contributed by atoms with E-state index < -0.39 is 90.8 Å². The van der Waals surface area contributed by atoms with E-state index in [2.05, 4.69) is 32.9 Å². The zero-order valence-electron chi connectivity index (χ0n) is 38.6. The molecule has 352 valence electrons. The minimum atomic E-state index is -1.70. The number of rotatable bonds is 8. The predicted molar refractivity (Wildman–Crippen MR) is 230 cm³/mol. The quantitative estimate of drug-likeness (QED) is 0.223. The van der Waals surface area contributed by atoms with E-state index in [1.807, 2.05) is 45.1 Å². The van der Waals surface area contributed by atoms with Crippen LogP contribution in [-0.2, 0) is 56.9 Å². The van der Waals surface area contributed by atoms with Gasteiger partial charge < -0.3 is 62.3 Å². The highest BCUT2D eigenvalue weighted by Crippen LogP contribution is 2.48. The Morgan fingerprint density at radius 1 is 0.810 bits per heavy atom. The molecule has 14 nitrogen and oxygen atoms in total. The smallest absolute Gasteiger partial charge is 0.316 e. The fourth-order valence-electron chi connectivity index (χ4n) is 11.3. The van der Waals surface area contributed by atoms with Crippen molar-refractivity contribution in [3.05, 3.63) is 59.3 Å². The molecule has 0 aromatic rings. The number of carbonyl (C=O) groups excluding carboxylic acids is 1. The number of aliphatic hydroxyl groups is 2. The lowest BCUT2D eigenvalue weighted by Gasteiger charge is -2.50. The number of hydrogen-bond donors (Lipinski definition) is 2. The van der Waals surface area contributed by atoms with Crippen LogP contribution in [0.2, 0.25) is 0 Å². The second kappa shape index (κ2) is 19.5. The molecule has 6 aliphatic heterocycles. The van der Waals surface area contributed by atoms with Crippen LogP contribution in [-0.4, -0.2) is 141 Å². The summed E-state index contributed by atoms with van der Waals surface area (Å²) in [5.41, 5.74) is 0.656. The Bertz CT molecular complexity index is 1770. The molecular formula is C49H72O14. The molecular weight excluding hydrogens is 813 g/mol. The molecule has 8 aliphatic rings. The molecule has 2 N–H and O–H groups in total. The van der Waals surface area contributed by atoms with Crippen LogP contribution in [0, 0.1) is 23.7 Å². The zero-order chi connectivity index (χ0) is 44.8. The highest BCUT2D eigenvalue weighted by atomic mass is 16.7. The molecule has 8 rings (SSSR count). The highest BCUT2D eigenvalue weighted by molar-refractivity contribution is 5.78. The minimum absolute atomic E-state index is 0.00634. The number of carbonyl (C=O) groups is 1. The van der Waals surface area contributed by atoms with Crippen LogP contribution < -0.4 is 0 Å². The number of methoxy groups -OCH3 is 3. The lowest BCUT2D eigenvalue weighted by Crippen LogP contribution is -2.58. The molecule has 19 atom stereocenters. The summed E-state index contributed by atoms with van der Waals surface area (Å²) in [6.07, 6.45) is 12.8. The van der Waals surface area contributed by atoms with Crippen LogP contribution >= 0.6 is 0 Å². The van der Waals surface area contributed by atoms with Gasteiger partial charge in [0.15, 0.2) is 18.4 Å². The summed E-state index contributed by atoms with van der Waals surface area (Å²) in [5.74, 6) is -2.06. The number of fused-ring (bicyclic) bond motifs is 2. The largest absolute Gasteiger partial charge is 0.462 e. The summed E-state index contributed by atoms with van der Waals surface area (Å²) in [4.78, 5) is 14.5. The topological polar surface area (TPSA) is 159 Å². The van der Waals surface area contributed by atoms with Crippen molar-refractivity contribution < 1.29 is 67.1 Å². The summed E-state index contributed by atoms with van der Waals surface area (Å²) in [5, 5.41) is 23.3. The van der Waals surface area contributed by atoms with Crippen LogP contribution in [0.15, 0.2) is 59.3 Å². The normalized spacial score (nSPS) is 48.6. The first-order valence-corrected chi connectivity index (χ1v) is 23.4. The number of allylic oxidation sites excluding steroid dienone is 2. The van der Waals surface area contributed by atoms with Gasteiger partial charge in [0.25, 0.3) is 0 Å². The average Bonchev–Trinajstić information content (AvgIpc) is 3.56. The molecule has 1 unspecified atom stereocenters. The SMILES string of the molecule is CO[C@H]1C[C@H](O[C@H]2[C@H](C)O[C@@H](O[C@@H]3/C(C)=C\C[C@@H]4C[C@@H](C[C@]5(C=C[C@H](C)C(C6CCC6)O5)O4)OC(=O)[C@@H]4C=C(C)[C@@H](OC)[C@H]5OCC(=C/C=C\[C@@H]3C)[C@]54O)C[C@@H]2OC)O[C@@H](C)[C@@H]1O. The van der Waals surface area contributed by atoms with Crippen LogP contribution in [0.25, 0.3) is 0 Å². The standard InChI is InChI=1S/C49H72O14/c1-26-12-10-15-33-25-56-46-44(55-9)29(4)20-36(49(33,46)52)47(51)59-35-21-34(62-48(24-35)19-18-28(3)43(63-48)32-13-11-14-32)17-16-27(2)42(26)60-40-23-38(54-8)45(31(6)58-40)61-39-22-37(53-7)41(50)30(5)57-39/h10,12,15-16,18-20,26,28,30-32,34-46,50,52H,11,13-14,17,21-25H2,1-9H3/b12-10-,27-16-,33-15?/t26-,28-,30-,31-,34+,35-,36-,37-,38-,39-,40-,41-,42-,43?,44+,45-,46+,48+,49+/m0/s1. The van der Waals surface area contributed by atoms with Crippen molar-refractivity contribution in [3.63, 3.8) is 0 Å². The molecule has 4 saturated heterocycles. The van der Waals surface area contributed by atoms with Gasteiger partial charge in [-0.05, 0) is 75.7 Å². The van der Waals surface area contributed by atoms with E-state index in [4.69, 9.17) is 52.1 Å². The van der Waals surface area contributed by atoms with Gasteiger partial charge in [-0.2, -0.15) is 0 Å². The summed E-state index contributed by atoms with van der Waals surface area (Å²) in [7, 11) is 4.83. The molecule has 2 bridgehead atoms. The maximum Gasteiger partial charge on any atom is 0.316 e. The van der Waals surface area contributed by atoms with E-state index in [0.717, 1.165) is 24.0 Å². The third-order valence-corrected chi connectivity index (χ3v) is 15.1. The highest BCUT2D eigenvalue weighted by Gasteiger charge is 2.60. The van der Waals surface area contributed by atoms with Gasteiger partial charge in [-0.15, -0.1) is 0 Å². The Morgan fingerprint density at radius 3 is 2.25 bits per heavy atom. The third kappa shape index (κ3) is 9.49. The van der Waals surface area contributed by atoms with Crippen molar-refractivity contribution in [2.45, 2.75) is 190 Å². The summed E-state index contributed by atoms with van der Waals surface area (Å²) in [6, 6.07) is 0. The first-order valence-electron chi connectivity index (χ1n) is 23.4. The molecule has 1 saturated carbocycles. The first-order chi connectivity index (χ1) is 30.2. The average molecular weight is 885 g/mol. The van der Waals surface area contributed by atoms with Gasteiger partial charge in [0.05, 0.1) is 49.3 Å². The van der Waals surface area contributed by atoms with Gasteiger partial charge in [0, 0.05) is 58.8 Å². The van der Waals surface area contributed by atoms with Crippen molar-refractivity contribution in [1.29, 1.82) is 0 Å². The molecule has 1 spiro atoms. The maximum atomic E-state index is 14.5. The Labute approximate surface area is 373 Å². The molecule has 6 heterocycles. The van der Waals surface area contributed by atoms with E-state index in [9.17, 15) is 15.0 Å². The lowest BCUT2D eigenvalue weighted by molar-refractivity contribution is -0.318. The summed E-state index contributed by atoms with van der Waals surface area (Å²) < 4.78 is 70.1. The molecule has 0 amide bonds. The van der Waals surface area contributed by atoms with Crippen molar-refractivity contribution >= 4 is 5.97 Å². The maximum absolute atomic E-state index is 14.5. The molecule has 5 fully saturated rings. The monoisotopic (exact) mass is 884 g/mol. The first kappa shape index (κ1) is 47.2. The van der Waals surface area contributed by atoms with E-state index in [-0.39, 0.29) is 36.8 Å². The third-order valence-electron chi connectivity index (χ3n) is 15.1. The van der Waals surface area contributed by atoms with E-state index in [1.165, 1.54) is 6.42 Å². The van der Waals surface area contributed by atoms with Gasteiger partial charge in [-0.3, -0.25) is 4.79 Å². The number of esters is 1. The number of hydrogen-bond acceptors (Lipinski definition) is 14. The number of aliphatic hydroxyl groups excluding tert-OH is 1. The molecule has 0 aromatic carbocycles. The fourth-order valence-corrected chi connectivity index (χ4v) is 11.3. The Hall–Kier alpha value is -2.31. The van der Waals surface area contributed by atoms with E-state index in [0.29, 0.717) is 43.6 Å².